The first-order valence-corrected chi connectivity index (χ1v) is 21.0. The van der Waals surface area contributed by atoms with Gasteiger partial charge in [0.2, 0.25) is 0 Å². The third-order valence-corrected chi connectivity index (χ3v) is 13.3. The van der Waals surface area contributed by atoms with Crippen LogP contribution < -0.4 is 24.0 Å². The lowest BCUT2D eigenvalue weighted by atomic mass is 9.76. The summed E-state index contributed by atoms with van der Waals surface area (Å²) >= 11 is 0. The van der Waals surface area contributed by atoms with E-state index in [2.05, 4.69) is 133 Å². The molecule has 5 nitrogen and oxygen atoms in total. The Morgan fingerprint density at radius 2 is 1.28 bits per heavy atom. The van der Waals surface area contributed by atoms with Gasteiger partial charge in [0, 0.05) is 59.4 Å². The van der Waals surface area contributed by atoms with Gasteiger partial charge >= 0.3 is 0 Å². The monoisotopic (exact) mass is 752 g/mol. The highest BCUT2D eigenvalue weighted by atomic mass is 16.5. The first kappa shape index (κ1) is 35.7. The van der Waals surface area contributed by atoms with Crippen LogP contribution in [0.15, 0.2) is 115 Å². The summed E-state index contributed by atoms with van der Waals surface area (Å²) in [5, 5.41) is 2.29. The van der Waals surface area contributed by atoms with Gasteiger partial charge in [-0.25, -0.2) is 0 Å². The predicted octanol–water partition coefficient (Wildman–Crippen LogP) is 12.2. The molecule has 10 rings (SSSR count). The van der Waals surface area contributed by atoms with E-state index in [0.29, 0.717) is 0 Å². The van der Waals surface area contributed by atoms with Crippen molar-refractivity contribution in [2.24, 2.45) is 0 Å². The molecule has 0 amide bonds. The van der Waals surface area contributed by atoms with E-state index in [1.165, 1.54) is 88.7 Å². The van der Waals surface area contributed by atoms with E-state index in [4.69, 9.17) is 14.2 Å². The minimum absolute atomic E-state index is 0.289. The molecular formula is C52H52N2O3. The number of hydrogen-bond donors (Lipinski definition) is 0. The van der Waals surface area contributed by atoms with Gasteiger partial charge < -0.3 is 24.0 Å². The van der Waals surface area contributed by atoms with Crippen molar-refractivity contribution in [3.05, 3.63) is 143 Å². The van der Waals surface area contributed by atoms with Crippen molar-refractivity contribution in [3.8, 4) is 39.5 Å². The summed E-state index contributed by atoms with van der Waals surface area (Å²) in [6, 6.07) is 40.1. The summed E-state index contributed by atoms with van der Waals surface area (Å²) in [5.74, 6) is 2.61. The number of ether oxygens (including phenoxy) is 3. The normalized spacial score (nSPS) is 19.4. The molecule has 3 heterocycles. The molecule has 57 heavy (non-hydrogen) atoms. The van der Waals surface area contributed by atoms with Gasteiger partial charge in [-0.05, 0) is 126 Å². The van der Waals surface area contributed by atoms with E-state index >= 15 is 0 Å². The van der Waals surface area contributed by atoms with Gasteiger partial charge in [0.1, 0.15) is 17.2 Å². The van der Waals surface area contributed by atoms with Crippen molar-refractivity contribution in [2.75, 3.05) is 50.2 Å². The fraction of sp³-hybridized carbons (Fsp3) is 0.308. The van der Waals surface area contributed by atoms with Crippen LogP contribution in [-0.2, 0) is 11.0 Å². The molecule has 0 bridgehead atoms. The van der Waals surface area contributed by atoms with Gasteiger partial charge in [-0.3, -0.25) is 0 Å². The first-order chi connectivity index (χ1) is 27.9. The van der Waals surface area contributed by atoms with Gasteiger partial charge in [0.05, 0.1) is 19.9 Å². The zero-order chi connectivity index (χ0) is 38.7. The van der Waals surface area contributed by atoms with E-state index in [1.807, 2.05) is 19.2 Å². The Morgan fingerprint density at radius 3 is 1.95 bits per heavy atom. The average molecular weight is 753 g/mol. The molecule has 2 fully saturated rings. The van der Waals surface area contributed by atoms with Crippen molar-refractivity contribution in [2.45, 2.75) is 63.4 Å². The third kappa shape index (κ3) is 5.80. The second-order valence-electron chi connectivity index (χ2n) is 16.9. The van der Waals surface area contributed by atoms with Crippen LogP contribution >= 0.6 is 0 Å². The summed E-state index contributed by atoms with van der Waals surface area (Å²) < 4.78 is 19.7. The molecule has 1 aliphatic carbocycles. The van der Waals surface area contributed by atoms with Crippen LogP contribution in [0.25, 0.3) is 39.1 Å². The highest BCUT2D eigenvalue weighted by Crippen LogP contribution is 2.59. The maximum Gasteiger partial charge on any atom is 0.178 e. The van der Waals surface area contributed by atoms with Crippen LogP contribution in [0.1, 0.15) is 80.2 Å². The minimum atomic E-state index is -0.879. The molecule has 1 atom stereocenters. The Morgan fingerprint density at radius 1 is 0.614 bits per heavy atom. The van der Waals surface area contributed by atoms with E-state index in [9.17, 15) is 0 Å². The highest BCUT2D eigenvalue weighted by molar-refractivity contribution is 6.10. The van der Waals surface area contributed by atoms with Crippen LogP contribution in [0.2, 0.25) is 0 Å². The average Bonchev–Trinajstić information content (AvgIpc) is 3.52. The van der Waals surface area contributed by atoms with Crippen molar-refractivity contribution < 1.29 is 14.2 Å². The van der Waals surface area contributed by atoms with Gasteiger partial charge in [-0.15, -0.1) is 0 Å². The number of fused-ring (bicyclic) bond motifs is 8. The van der Waals surface area contributed by atoms with Crippen LogP contribution in [-0.4, -0.2) is 40.4 Å². The molecule has 5 heteroatoms. The Kier molecular flexibility index (Phi) is 8.81. The lowest BCUT2D eigenvalue weighted by molar-refractivity contribution is 0.163. The Balaban J connectivity index is 1.21. The smallest absolute Gasteiger partial charge is 0.178 e. The Labute approximate surface area is 337 Å². The fourth-order valence-electron chi connectivity index (χ4n) is 10.2. The van der Waals surface area contributed by atoms with Crippen LogP contribution in [0.3, 0.4) is 0 Å². The largest absolute Gasteiger partial charge is 0.497 e. The zero-order valence-electron chi connectivity index (χ0n) is 33.7. The second kappa shape index (κ2) is 14.1. The second-order valence-corrected chi connectivity index (χ2v) is 16.9. The van der Waals surface area contributed by atoms with E-state index < -0.39 is 5.60 Å². The standard InChI is InChI=1S/C52H52N2O3/c1-51(2)45-32-36(35-14-8-5-9-15-35)16-25-41(45)48-43-33-46(54-30-12-7-13-31-54)47(56-4)34-44(43)50-42(49(48)51)26-27-52(57-50,38-19-23-40(55-3)24-20-38)37-17-21-39(22-18-37)53-28-10-6-11-29-53/h5,8-9,14-27,32-34H,6-7,10-13,28-31H2,1-4H3. The number of methoxy groups -OCH3 is 2. The molecular weight excluding hydrogens is 701 g/mol. The van der Waals surface area contributed by atoms with Crippen LogP contribution in [0.4, 0.5) is 11.4 Å². The number of anilines is 2. The third-order valence-electron chi connectivity index (χ3n) is 13.3. The zero-order valence-corrected chi connectivity index (χ0v) is 33.7. The summed E-state index contributed by atoms with van der Waals surface area (Å²) in [7, 11) is 3.53. The number of rotatable bonds is 7. The molecule has 288 valence electrons. The molecule has 0 N–H and O–H groups in total. The molecule has 6 aromatic rings. The highest BCUT2D eigenvalue weighted by Gasteiger charge is 2.45. The summed E-state index contributed by atoms with van der Waals surface area (Å²) in [6.45, 7) is 9.07. The van der Waals surface area contributed by atoms with Gasteiger partial charge in [0.15, 0.2) is 5.60 Å². The van der Waals surface area contributed by atoms with Gasteiger partial charge in [-0.1, -0.05) is 86.7 Å². The SMILES string of the molecule is COc1ccc(C2(c3ccc(N4CCCCC4)cc3)C=Cc3c4c(c5cc(N6CCCCC6)c(OC)cc5c3O2)-c2ccc(-c3ccccc3)cc2C4(C)C)cc1. The van der Waals surface area contributed by atoms with Crippen molar-refractivity contribution >= 4 is 28.2 Å². The minimum Gasteiger partial charge on any atom is -0.497 e. The molecule has 0 spiro atoms. The number of benzene rings is 6. The molecule has 6 aromatic carbocycles. The lowest BCUT2D eigenvalue weighted by Gasteiger charge is -2.39. The maximum atomic E-state index is 7.75. The van der Waals surface area contributed by atoms with Crippen molar-refractivity contribution in [3.63, 3.8) is 0 Å². The van der Waals surface area contributed by atoms with Crippen LogP contribution in [0, 0.1) is 0 Å². The number of nitrogens with zero attached hydrogens (tertiary/aromatic N) is 2. The molecule has 0 aromatic heterocycles. The summed E-state index contributed by atoms with van der Waals surface area (Å²) in [4.78, 5) is 5.05. The number of piperidine rings is 2. The molecule has 2 saturated heterocycles. The quantitative estimate of drug-likeness (QED) is 0.162. The first-order valence-electron chi connectivity index (χ1n) is 21.0. The maximum absolute atomic E-state index is 7.75. The molecule has 1 unspecified atom stereocenters. The molecule has 3 aliphatic heterocycles. The summed E-state index contributed by atoms with van der Waals surface area (Å²) in [6.07, 6.45) is 12.1. The van der Waals surface area contributed by atoms with E-state index in [1.54, 1.807) is 7.11 Å². The van der Waals surface area contributed by atoms with Gasteiger partial charge in [0.25, 0.3) is 0 Å². The number of hydrogen-bond acceptors (Lipinski definition) is 5. The lowest BCUT2D eigenvalue weighted by Crippen LogP contribution is -2.35. The fourth-order valence-corrected chi connectivity index (χ4v) is 10.2. The van der Waals surface area contributed by atoms with E-state index in [-0.39, 0.29) is 5.41 Å². The predicted molar refractivity (Wildman–Crippen MR) is 236 cm³/mol. The van der Waals surface area contributed by atoms with Gasteiger partial charge in [-0.2, -0.15) is 0 Å². The van der Waals surface area contributed by atoms with Crippen molar-refractivity contribution in [1.29, 1.82) is 0 Å². The van der Waals surface area contributed by atoms with Crippen molar-refractivity contribution in [1.82, 2.24) is 0 Å². The Bertz CT molecular complexity index is 2490. The summed E-state index contributed by atoms with van der Waals surface area (Å²) in [5.41, 5.74) is 12.3. The molecule has 4 aliphatic rings. The molecule has 0 radical (unpaired) electrons. The topological polar surface area (TPSA) is 34.2 Å². The Hall–Kier alpha value is -5.68. The van der Waals surface area contributed by atoms with E-state index in [0.717, 1.165) is 65.5 Å². The van der Waals surface area contributed by atoms with Crippen LogP contribution in [0.5, 0.6) is 17.2 Å². The molecule has 0 saturated carbocycles.